The number of rotatable bonds is 6. The highest BCUT2D eigenvalue weighted by Gasteiger charge is 2.46. The predicted octanol–water partition coefficient (Wildman–Crippen LogP) is 4.65. The van der Waals surface area contributed by atoms with Crippen LogP contribution in [0.1, 0.15) is 23.2 Å². The highest BCUT2D eigenvalue weighted by Crippen LogP contribution is 2.36. The highest BCUT2D eigenvalue weighted by molar-refractivity contribution is 7.89. The zero-order chi connectivity index (χ0) is 30.3. The average molecular weight is 607 g/mol. The summed E-state index contributed by atoms with van der Waals surface area (Å²) in [6.07, 6.45) is -11.1. The van der Waals surface area contributed by atoms with Gasteiger partial charge in [0, 0.05) is 19.2 Å². The molecule has 1 aliphatic heterocycles. The van der Waals surface area contributed by atoms with Gasteiger partial charge in [-0.25, -0.2) is 22.2 Å². The highest BCUT2D eigenvalue weighted by atomic mass is 32.2. The quantitative estimate of drug-likeness (QED) is 0.410. The number of benzene rings is 1. The second-order valence-corrected chi connectivity index (χ2v) is 10.5. The molecule has 41 heavy (non-hydrogen) atoms. The molecule has 2 atom stereocenters. The Bertz CT molecular complexity index is 1580. The van der Waals surface area contributed by atoms with E-state index in [1.807, 2.05) is 0 Å². The second-order valence-electron chi connectivity index (χ2n) is 8.69. The van der Waals surface area contributed by atoms with Gasteiger partial charge in [-0.05, 0) is 35.9 Å². The fourth-order valence-corrected chi connectivity index (χ4v) is 5.61. The summed E-state index contributed by atoms with van der Waals surface area (Å²) in [4.78, 5) is 22.8. The van der Waals surface area contributed by atoms with Crippen molar-refractivity contribution in [2.24, 2.45) is 0 Å². The average Bonchev–Trinajstić information content (AvgIpc) is 3.21. The molecule has 2 aromatic heterocycles. The lowest BCUT2D eigenvalue weighted by Gasteiger charge is -2.26. The first-order valence-electron chi connectivity index (χ1n) is 11.4. The van der Waals surface area contributed by atoms with Crippen LogP contribution >= 0.6 is 0 Å². The van der Waals surface area contributed by atoms with Crippen LogP contribution in [0.25, 0.3) is 11.4 Å². The van der Waals surface area contributed by atoms with Crippen LogP contribution in [0.3, 0.4) is 0 Å². The van der Waals surface area contributed by atoms with Crippen molar-refractivity contribution < 1.29 is 48.3 Å². The fourth-order valence-electron chi connectivity index (χ4n) is 3.97. The minimum absolute atomic E-state index is 0.303. The van der Waals surface area contributed by atoms with E-state index in [2.05, 4.69) is 26.8 Å². The third-order valence-electron chi connectivity index (χ3n) is 5.98. The van der Waals surface area contributed by atoms with E-state index < -0.39 is 86.7 Å². The first-order chi connectivity index (χ1) is 19.0. The van der Waals surface area contributed by atoms with Gasteiger partial charge in [0.05, 0.1) is 34.2 Å². The number of allylic oxidation sites excluding steroid dienone is 1. The van der Waals surface area contributed by atoms with Crippen molar-refractivity contribution in [3.05, 3.63) is 83.8 Å². The second kappa shape index (κ2) is 10.7. The Hall–Kier alpha value is -4.15. The van der Waals surface area contributed by atoms with E-state index in [0.717, 1.165) is 30.3 Å². The normalized spacial score (nSPS) is 18.0. The van der Waals surface area contributed by atoms with Gasteiger partial charge in [0.2, 0.25) is 5.91 Å². The van der Waals surface area contributed by atoms with Crippen LogP contribution < -0.4 is 5.32 Å². The molecule has 1 saturated heterocycles. The lowest BCUT2D eigenvalue weighted by molar-refractivity contribution is -0.141. The van der Waals surface area contributed by atoms with Gasteiger partial charge in [0.25, 0.3) is 10.0 Å². The van der Waals surface area contributed by atoms with Crippen LogP contribution in [0.4, 0.5) is 35.1 Å². The van der Waals surface area contributed by atoms with E-state index in [0.29, 0.717) is 22.9 Å². The Morgan fingerprint density at radius 3 is 2.17 bits per heavy atom. The molecular weight excluding hydrogens is 590 g/mol. The standard InChI is InChI=1S/C24H17F8N5O3S/c1-12-17(26)7-20(37(12)41(39,40)15-4-2-14(25)3-5-15)22(38)36-8-13-6-18(33-9-16(13)23(27,28)29)19-10-35-21(11-34-19)24(30,31)32/h2-6,9-11,17,20H,1,7-8H2,(H,36,38)/t17-,20+/m1/s1. The minimum atomic E-state index is -4.97. The number of alkyl halides is 7. The Morgan fingerprint density at radius 2 is 1.61 bits per heavy atom. The molecule has 0 unspecified atom stereocenters. The van der Waals surface area contributed by atoms with Gasteiger partial charge >= 0.3 is 12.4 Å². The van der Waals surface area contributed by atoms with E-state index in [9.17, 15) is 48.3 Å². The Balaban J connectivity index is 1.61. The van der Waals surface area contributed by atoms with Crippen molar-refractivity contribution in [3.8, 4) is 11.4 Å². The maximum absolute atomic E-state index is 14.5. The smallest absolute Gasteiger partial charge is 0.350 e. The minimum Gasteiger partial charge on any atom is -0.350 e. The first-order valence-corrected chi connectivity index (χ1v) is 12.8. The number of hydrogen-bond acceptors (Lipinski definition) is 6. The molecule has 3 aromatic rings. The summed E-state index contributed by atoms with van der Waals surface area (Å²) < 4.78 is 134. The summed E-state index contributed by atoms with van der Waals surface area (Å²) in [7, 11) is -4.62. The number of pyridine rings is 1. The number of nitrogens with zero attached hydrogens (tertiary/aromatic N) is 4. The molecule has 4 rings (SSSR count). The topological polar surface area (TPSA) is 105 Å². The molecule has 17 heteroatoms. The molecule has 8 nitrogen and oxygen atoms in total. The van der Waals surface area contributed by atoms with Gasteiger partial charge in [-0.1, -0.05) is 6.58 Å². The zero-order valence-corrected chi connectivity index (χ0v) is 21.2. The summed E-state index contributed by atoms with van der Waals surface area (Å²) in [5.41, 5.74) is -4.46. The molecule has 1 fully saturated rings. The molecule has 1 amide bonds. The van der Waals surface area contributed by atoms with Gasteiger partial charge < -0.3 is 5.32 Å². The van der Waals surface area contributed by atoms with Crippen molar-refractivity contribution in [3.63, 3.8) is 0 Å². The van der Waals surface area contributed by atoms with Crippen LogP contribution in [0, 0.1) is 5.82 Å². The van der Waals surface area contributed by atoms with Crippen LogP contribution in [0.5, 0.6) is 0 Å². The SMILES string of the molecule is C=C1[C@H](F)C[C@@H](C(=O)NCc2cc(-c3cnc(C(F)(F)F)cn3)ncc2C(F)(F)F)N1S(=O)(=O)c1ccc(F)cc1. The summed E-state index contributed by atoms with van der Waals surface area (Å²) in [6, 6.07) is 2.50. The van der Waals surface area contributed by atoms with Crippen molar-refractivity contribution >= 4 is 15.9 Å². The number of aromatic nitrogens is 3. The summed E-state index contributed by atoms with van der Waals surface area (Å²) in [6.45, 7) is 2.51. The van der Waals surface area contributed by atoms with Crippen LogP contribution in [0.15, 0.2) is 66.1 Å². The number of amides is 1. The largest absolute Gasteiger partial charge is 0.434 e. The molecule has 0 bridgehead atoms. The molecule has 0 spiro atoms. The zero-order valence-electron chi connectivity index (χ0n) is 20.3. The van der Waals surface area contributed by atoms with Crippen molar-refractivity contribution in [2.75, 3.05) is 0 Å². The number of hydrogen-bond donors (Lipinski definition) is 1. The van der Waals surface area contributed by atoms with Gasteiger partial charge in [0.1, 0.15) is 23.7 Å². The molecule has 3 heterocycles. The van der Waals surface area contributed by atoms with E-state index >= 15 is 0 Å². The fraction of sp³-hybridized carbons (Fsp3) is 0.250. The third kappa shape index (κ3) is 6.13. The monoisotopic (exact) mass is 607 g/mol. The molecule has 1 aliphatic rings. The number of carbonyl (C=O) groups excluding carboxylic acids is 1. The van der Waals surface area contributed by atoms with Crippen molar-refractivity contribution in [1.29, 1.82) is 0 Å². The van der Waals surface area contributed by atoms with E-state index in [4.69, 9.17) is 0 Å². The molecule has 1 aromatic carbocycles. The number of sulfonamides is 1. The first kappa shape index (κ1) is 29.8. The lowest BCUT2D eigenvalue weighted by Crippen LogP contribution is -2.45. The number of halogens is 8. The third-order valence-corrected chi connectivity index (χ3v) is 7.86. The number of carbonyl (C=O) groups is 1. The maximum Gasteiger partial charge on any atom is 0.434 e. The van der Waals surface area contributed by atoms with E-state index in [1.54, 1.807) is 0 Å². The van der Waals surface area contributed by atoms with Crippen LogP contribution in [-0.2, 0) is 33.7 Å². The van der Waals surface area contributed by atoms with Gasteiger partial charge in [-0.3, -0.25) is 19.1 Å². The Labute approximate surface area is 226 Å². The van der Waals surface area contributed by atoms with Crippen LogP contribution in [0.2, 0.25) is 0 Å². The molecule has 1 N–H and O–H groups in total. The maximum atomic E-state index is 14.5. The van der Waals surface area contributed by atoms with E-state index in [-0.39, 0.29) is 11.4 Å². The lowest BCUT2D eigenvalue weighted by atomic mass is 10.1. The Kier molecular flexibility index (Phi) is 7.77. The molecule has 0 saturated carbocycles. The molecule has 0 aliphatic carbocycles. The Morgan fingerprint density at radius 1 is 0.976 bits per heavy atom. The van der Waals surface area contributed by atoms with E-state index in [1.165, 1.54) is 0 Å². The van der Waals surface area contributed by atoms with Gasteiger partial charge in [-0.15, -0.1) is 0 Å². The van der Waals surface area contributed by atoms with Crippen molar-refractivity contribution in [1.82, 2.24) is 24.6 Å². The van der Waals surface area contributed by atoms with Crippen LogP contribution in [-0.4, -0.2) is 45.8 Å². The summed E-state index contributed by atoms with van der Waals surface area (Å²) >= 11 is 0. The number of nitrogens with one attached hydrogen (secondary N) is 1. The molecule has 0 radical (unpaired) electrons. The summed E-state index contributed by atoms with van der Waals surface area (Å²) in [5, 5.41) is 2.14. The van der Waals surface area contributed by atoms with Gasteiger partial charge in [-0.2, -0.15) is 26.3 Å². The molecular formula is C24H17F8N5O3S. The van der Waals surface area contributed by atoms with Gasteiger partial charge in [0.15, 0.2) is 5.69 Å². The predicted molar refractivity (Wildman–Crippen MR) is 125 cm³/mol. The van der Waals surface area contributed by atoms with Crippen molar-refractivity contribution in [2.45, 2.75) is 42.4 Å². The molecule has 218 valence electrons. The summed E-state index contributed by atoms with van der Waals surface area (Å²) in [5.74, 6) is -1.93.